The quantitative estimate of drug-likeness (QED) is 0.0772. The first-order chi connectivity index (χ1) is 30.9. The monoisotopic (exact) mass is 869 g/mol. The number of ether oxygens (including phenoxy) is 1. The van der Waals surface area contributed by atoms with Crippen molar-refractivity contribution < 1.29 is 29.0 Å². The number of aromatic amines is 2. The first-order valence-electron chi connectivity index (χ1n) is 22.5. The number of rotatable bonds is 13. The maximum Gasteiger partial charge on any atom is 0.407 e. The van der Waals surface area contributed by atoms with Gasteiger partial charge in [-0.2, -0.15) is 0 Å². The number of benzene rings is 3. The molecular weight excluding hydrogens is 811 g/mol. The van der Waals surface area contributed by atoms with Crippen molar-refractivity contribution in [3.63, 3.8) is 0 Å². The highest BCUT2D eigenvalue weighted by molar-refractivity contribution is 5.87. The zero-order valence-corrected chi connectivity index (χ0v) is 37.2. The molecule has 3 aliphatic heterocycles. The van der Waals surface area contributed by atoms with Crippen LogP contribution < -0.4 is 15.5 Å². The van der Waals surface area contributed by atoms with E-state index in [4.69, 9.17) is 14.7 Å². The van der Waals surface area contributed by atoms with Gasteiger partial charge in [0.25, 0.3) is 0 Å². The second-order valence-corrected chi connectivity index (χ2v) is 17.8. The summed E-state index contributed by atoms with van der Waals surface area (Å²) in [5, 5.41) is 14.5. The van der Waals surface area contributed by atoms with Crippen LogP contribution in [0.4, 0.5) is 15.3 Å². The molecule has 15 heteroatoms. The van der Waals surface area contributed by atoms with E-state index < -0.39 is 24.3 Å². The molecule has 0 spiro atoms. The van der Waals surface area contributed by atoms with E-state index in [0.29, 0.717) is 18.9 Å². The molecule has 64 heavy (non-hydrogen) atoms. The van der Waals surface area contributed by atoms with Gasteiger partial charge in [0.1, 0.15) is 23.7 Å². The van der Waals surface area contributed by atoms with Crippen LogP contribution in [0.25, 0.3) is 22.5 Å². The number of methoxy groups -OCH3 is 1. The lowest BCUT2D eigenvalue weighted by Gasteiger charge is -2.33. The number of nitrogens with one attached hydrogen (secondary N) is 4. The first kappa shape index (κ1) is 44.0. The summed E-state index contributed by atoms with van der Waals surface area (Å²) in [7, 11) is 1.30. The molecule has 0 saturated carbocycles. The van der Waals surface area contributed by atoms with E-state index in [1.54, 1.807) is 4.90 Å². The molecule has 15 nitrogen and oxygen atoms in total. The minimum atomic E-state index is -1.21. The van der Waals surface area contributed by atoms with Gasteiger partial charge >= 0.3 is 12.2 Å². The molecule has 3 aromatic carbocycles. The zero-order chi connectivity index (χ0) is 45.1. The number of anilines is 1. The van der Waals surface area contributed by atoms with Gasteiger partial charge in [-0.05, 0) is 73.6 Å². The Bertz CT molecular complexity index is 2410. The van der Waals surface area contributed by atoms with Crippen molar-refractivity contribution >= 4 is 29.7 Å². The van der Waals surface area contributed by atoms with Crippen molar-refractivity contribution in [3.05, 3.63) is 114 Å². The van der Waals surface area contributed by atoms with E-state index in [-0.39, 0.29) is 47.8 Å². The van der Waals surface area contributed by atoms with Gasteiger partial charge in [0, 0.05) is 42.3 Å². The minimum absolute atomic E-state index is 0.110. The van der Waals surface area contributed by atoms with Gasteiger partial charge < -0.3 is 45.1 Å². The van der Waals surface area contributed by atoms with Crippen LogP contribution in [0.1, 0.15) is 113 Å². The van der Waals surface area contributed by atoms with Gasteiger partial charge in [0.2, 0.25) is 11.8 Å². The molecule has 8 rings (SSSR count). The van der Waals surface area contributed by atoms with E-state index in [1.807, 2.05) is 51.1 Å². The highest BCUT2D eigenvalue weighted by atomic mass is 16.5. The molecule has 336 valence electrons. The third-order valence-electron chi connectivity index (χ3n) is 13.1. The average molecular weight is 870 g/mol. The standard InChI is InChI=1S/C49H59N9O6/c1-29(2)42(54-48(61)62)46(59)56-25-9-13-40(56)44-50-27-36(52-44)31-15-19-33(20-16-31)38-23-24-39(58(38)35-11-7-6-8-12-35)34-21-17-32(18-22-34)37-28-51-45(53-37)41-14-10-26-57(41)47(60)43(30(3)4)55-49(63)64-5/h6-8,11-12,15-22,27-30,38-43,54H,9-10,13-14,23-26H2,1-5H3,(H,50,52)(H,51,53)(H,55,63)(H,61,62)/t38-,39-,40-,41-,42-,43-/m0/s1. The molecule has 5 N–H and O–H groups in total. The fraction of sp³-hybridized carbons (Fsp3) is 0.429. The van der Waals surface area contributed by atoms with Gasteiger partial charge in [-0.1, -0.05) is 94.4 Å². The number of carbonyl (C=O) groups excluding carboxylic acids is 3. The Labute approximate surface area is 374 Å². The number of hydrogen-bond donors (Lipinski definition) is 5. The summed E-state index contributed by atoms with van der Waals surface area (Å²) in [6.07, 6.45) is 7.10. The maximum atomic E-state index is 13.7. The Morgan fingerprint density at radius 2 is 1.09 bits per heavy atom. The summed E-state index contributed by atoms with van der Waals surface area (Å²) < 4.78 is 4.79. The number of aromatic nitrogens is 4. The van der Waals surface area contributed by atoms with E-state index in [1.165, 1.54) is 18.2 Å². The molecule has 4 amide bonds. The summed E-state index contributed by atoms with van der Waals surface area (Å²) in [5.41, 5.74) is 7.14. The highest BCUT2D eigenvalue weighted by Gasteiger charge is 2.40. The second-order valence-electron chi connectivity index (χ2n) is 17.8. The van der Waals surface area contributed by atoms with Crippen LogP contribution in [-0.2, 0) is 14.3 Å². The SMILES string of the molecule is COC(=O)N[C@H](C(=O)N1CCC[C@H]1c1nc(-c2ccc([C@@H]3CC[C@@H](c4ccc(-c5c[nH]c([C@@H]6CCCN6C(=O)[C@@H](NC(=O)O)C(C)C)n5)cc4)N3c3ccccc3)cc2)c[nH]1)C(C)C. The number of alkyl carbamates (subject to hydrolysis) is 1. The molecule has 0 aliphatic carbocycles. The Morgan fingerprint density at radius 1 is 0.641 bits per heavy atom. The van der Waals surface area contributed by atoms with Crippen molar-refractivity contribution in [2.75, 3.05) is 25.1 Å². The number of likely N-dealkylation sites (tertiary alicyclic amines) is 2. The molecule has 6 atom stereocenters. The van der Waals surface area contributed by atoms with Crippen LogP contribution in [0.2, 0.25) is 0 Å². The summed E-state index contributed by atoms with van der Waals surface area (Å²) >= 11 is 0. The Morgan fingerprint density at radius 3 is 1.52 bits per heavy atom. The van der Waals surface area contributed by atoms with Crippen LogP contribution in [0.5, 0.6) is 0 Å². The Balaban J connectivity index is 0.967. The molecule has 0 radical (unpaired) electrons. The molecule has 3 saturated heterocycles. The molecule has 0 bridgehead atoms. The lowest BCUT2D eigenvalue weighted by atomic mass is 10.0. The predicted octanol–water partition coefficient (Wildman–Crippen LogP) is 8.55. The Hall–Kier alpha value is -6.64. The van der Waals surface area contributed by atoms with Crippen LogP contribution in [-0.4, -0.2) is 91.1 Å². The molecule has 0 unspecified atom stereocenters. The van der Waals surface area contributed by atoms with Crippen molar-refractivity contribution in [1.82, 2.24) is 40.4 Å². The second kappa shape index (κ2) is 19.0. The number of nitrogens with zero attached hydrogens (tertiary/aromatic N) is 5. The molecule has 5 aromatic rings. The topological polar surface area (TPSA) is 189 Å². The first-order valence-corrected chi connectivity index (χ1v) is 22.5. The van der Waals surface area contributed by atoms with E-state index in [9.17, 15) is 24.3 Å². The number of H-pyrrole nitrogens is 2. The highest BCUT2D eigenvalue weighted by Crippen LogP contribution is 2.47. The van der Waals surface area contributed by atoms with E-state index in [2.05, 4.69) is 98.3 Å². The number of hydrogen-bond acceptors (Lipinski definition) is 8. The van der Waals surface area contributed by atoms with Crippen molar-refractivity contribution in [1.29, 1.82) is 0 Å². The number of imidazole rings is 2. The zero-order valence-electron chi connectivity index (χ0n) is 37.2. The van der Waals surface area contributed by atoms with Gasteiger partial charge in [-0.25, -0.2) is 19.6 Å². The van der Waals surface area contributed by atoms with Crippen molar-refractivity contribution in [2.45, 2.75) is 102 Å². The van der Waals surface area contributed by atoms with Gasteiger partial charge in [0.15, 0.2) is 0 Å². The summed E-state index contributed by atoms with van der Waals surface area (Å²) in [6.45, 7) is 8.65. The summed E-state index contributed by atoms with van der Waals surface area (Å²) in [4.78, 5) is 73.4. The number of carboxylic acid groups (broad SMARTS) is 1. The molecule has 3 aliphatic rings. The smallest absolute Gasteiger partial charge is 0.407 e. The van der Waals surface area contributed by atoms with E-state index >= 15 is 0 Å². The molecule has 5 heterocycles. The van der Waals surface area contributed by atoms with E-state index in [0.717, 1.165) is 72.6 Å². The van der Waals surface area contributed by atoms with Crippen molar-refractivity contribution in [2.24, 2.45) is 11.8 Å². The average Bonchev–Trinajstić information content (AvgIpc) is 4.16. The van der Waals surface area contributed by atoms with Crippen molar-refractivity contribution in [3.8, 4) is 22.5 Å². The lowest BCUT2D eigenvalue weighted by molar-refractivity contribution is -0.136. The largest absolute Gasteiger partial charge is 0.465 e. The van der Waals surface area contributed by atoms with Crippen LogP contribution >= 0.6 is 0 Å². The summed E-state index contributed by atoms with van der Waals surface area (Å²) in [6, 6.07) is 26.2. The molecule has 3 fully saturated rings. The third-order valence-corrected chi connectivity index (χ3v) is 13.1. The third kappa shape index (κ3) is 9.06. The number of para-hydroxylation sites is 1. The van der Waals surface area contributed by atoms with Crippen LogP contribution in [0, 0.1) is 11.8 Å². The predicted molar refractivity (Wildman–Crippen MR) is 243 cm³/mol. The normalized spacial score (nSPS) is 20.8. The fourth-order valence-corrected chi connectivity index (χ4v) is 9.82. The number of amides is 4. The Kier molecular flexibility index (Phi) is 13.1. The summed E-state index contributed by atoms with van der Waals surface area (Å²) in [5.74, 6) is 0.777. The van der Waals surface area contributed by atoms with Gasteiger partial charge in [-0.3, -0.25) is 9.59 Å². The van der Waals surface area contributed by atoms with Gasteiger partial charge in [0.05, 0.1) is 42.7 Å². The maximum absolute atomic E-state index is 13.7. The van der Waals surface area contributed by atoms with Gasteiger partial charge in [-0.15, -0.1) is 0 Å². The number of carbonyl (C=O) groups is 4. The molecule has 2 aromatic heterocycles. The molecular formula is C49H59N9O6. The fourth-order valence-electron chi connectivity index (χ4n) is 9.82. The van der Waals surface area contributed by atoms with Crippen LogP contribution in [0.3, 0.4) is 0 Å². The lowest BCUT2D eigenvalue weighted by Crippen LogP contribution is -2.51. The van der Waals surface area contributed by atoms with Crippen LogP contribution in [0.15, 0.2) is 91.3 Å². The minimum Gasteiger partial charge on any atom is -0.465 e.